The van der Waals surface area contributed by atoms with Gasteiger partial charge in [0.2, 0.25) is 5.91 Å². The van der Waals surface area contributed by atoms with Crippen LogP contribution in [0.3, 0.4) is 0 Å². The Kier molecular flexibility index (Phi) is 5.80. The first-order valence-corrected chi connectivity index (χ1v) is 8.22. The van der Waals surface area contributed by atoms with Crippen LogP contribution in [0.15, 0.2) is 41.3 Å². The summed E-state index contributed by atoms with van der Waals surface area (Å²) in [6.45, 7) is 3.25. The van der Waals surface area contributed by atoms with Gasteiger partial charge in [0, 0.05) is 21.2 Å². The number of benzene rings is 2. The van der Waals surface area contributed by atoms with Crippen LogP contribution in [-0.4, -0.2) is 17.4 Å². The molecule has 0 fully saturated rings. The van der Waals surface area contributed by atoms with Crippen molar-refractivity contribution in [2.45, 2.75) is 18.7 Å². The monoisotopic (exact) mass is 351 g/mol. The van der Waals surface area contributed by atoms with Crippen molar-refractivity contribution in [1.82, 2.24) is 0 Å². The number of carbonyl (C=O) groups excluding carboxylic acids is 2. The van der Waals surface area contributed by atoms with Gasteiger partial charge in [-0.05, 0) is 43.7 Å². The lowest BCUT2D eigenvalue weighted by molar-refractivity contribution is -0.113. The summed E-state index contributed by atoms with van der Waals surface area (Å²) >= 11 is 7.07. The van der Waals surface area contributed by atoms with E-state index in [1.165, 1.54) is 19.1 Å². The fourth-order valence-corrected chi connectivity index (χ4v) is 2.75. The summed E-state index contributed by atoms with van der Waals surface area (Å²) in [6, 6.07) is 9.47. The van der Waals surface area contributed by atoms with E-state index in [0.29, 0.717) is 21.2 Å². The summed E-state index contributed by atoms with van der Waals surface area (Å²) in [5.41, 5.74) is 1.83. The molecule has 2 aromatic carbocycles. The Morgan fingerprint density at radius 2 is 1.96 bits per heavy atom. The zero-order chi connectivity index (χ0) is 17.0. The van der Waals surface area contributed by atoms with Crippen molar-refractivity contribution < 1.29 is 14.0 Å². The van der Waals surface area contributed by atoms with Crippen molar-refractivity contribution in [3.63, 3.8) is 0 Å². The van der Waals surface area contributed by atoms with Gasteiger partial charge in [0.15, 0.2) is 5.78 Å². The molecule has 0 saturated heterocycles. The van der Waals surface area contributed by atoms with E-state index in [1.54, 1.807) is 18.2 Å². The molecule has 0 aromatic heterocycles. The summed E-state index contributed by atoms with van der Waals surface area (Å²) in [7, 11) is 0. The smallest absolute Gasteiger partial charge is 0.234 e. The molecular formula is C17H15ClFNO2S. The number of ketones is 1. The molecule has 0 heterocycles. The lowest BCUT2D eigenvalue weighted by atomic mass is 10.1. The van der Waals surface area contributed by atoms with Gasteiger partial charge in [-0.2, -0.15) is 0 Å². The second-order valence-electron chi connectivity index (χ2n) is 5.00. The van der Waals surface area contributed by atoms with Crippen LogP contribution in [0.5, 0.6) is 0 Å². The lowest BCUT2D eigenvalue weighted by Gasteiger charge is -2.07. The molecule has 0 saturated carbocycles. The van der Waals surface area contributed by atoms with E-state index in [1.807, 2.05) is 13.0 Å². The second-order valence-corrected chi connectivity index (χ2v) is 6.43. The zero-order valence-electron chi connectivity index (χ0n) is 12.7. The van der Waals surface area contributed by atoms with E-state index in [0.717, 1.165) is 17.3 Å². The van der Waals surface area contributed by atoms with Gasteiger partial charge in [-0.3, -0.25) is 9.59 Å². The number of halogens is 2. The van der Waals surface area contributed by atoms with Crippen molar-refractivity contribution in [3.05, 3.63) is 58.4 Å². The Balaban J connectivity index is 1.96. The van der Waals surface area contributed by atoms with Gasteiger partial charge < -0.3 is 5.32 Å². The molecule has 0 bridgehead atoms. The van der Waals surface area contributed by atoms with Crippen molar-refractivity contribution in [2.24, 2.45) is 0 Å². The Labute approximate surface area is 143 Å². The maximum atomic E-state index is 13.9. The third kappa shape index (κ3) is 4.81. The molecule has 23 heavy (non-hydrogen) atoms. The molecule has 0 aliphatic carbocycles. The van der Waals surface area contributed by atoms with Gasteiger partial charge in [0.1, 0.15) is 5.82 Å². The average molecular weight is 352 g/mol. The van der Waals surface area contributed by atoms with Crippen LogP contribution in [0.4, 0.5) is 10.1 Å². The minimum absolute atomic E-state index is 0.0574. The molecule has 0 atom stereocenters. The third-order valence-corrected chi connectivity index (χ3v) is 4.61. The standard InChI is InChI=1S/C17H15ClFNO2S/c1-10-3-5-13(8-14(10)18)20-17(22)9-23-16-6-4-12(11(2)21)7-15(16)19/h3-8H,9H2,1-2H3,(H,20,22). The quantitative estimate of drug-likeness (QED) is 0.626. The summed E-state index contributed by atoms with van der Waals surface area (Å²) in [4.78, 5) is 23.4. The van der Waals surface area contributed by atoms with Gasteiger partial charge in [0.05, 0.1) is 5.75 Å². The first kappa shape index (κ1) is 17.5. The van der Waals surface area contributed by atoms with Crippen LogP contribution in [-0.2, 0) is 4.79 Å². The van der Waals surface area contributed by atoms with Crippen molar-refractivity contribution in [3.8, 4) is 0 Å². The van der Waals surface area contributed by atoms with Crippen LogP contribution >= 0.6 is 23.4 Å². The highest BCUT2D eigenvalue weighted by atomic mass is 35.5. The summed E-state index contributed by atoms with van der Waals surface area (Å²) in [5.74, 6) is -0.907. The number of amides is 1. The first-order valence-electron chi connectivity index (χ1n) is 6.86. The minimum Gasteiger partial charge on any atom is -0.325 e. The van der Waals surface area contributed by atoms with E-state index in [9.17, 15) is 14.0 Å². The summed E-state index contributed by atoms with van der Waals surface area (Å²) < 4.78 is 13.9. The van der Waals surface area contributed by atoms with Crippen LogP contribution in [0.25, 0.3) is 0 Å². The second kappa shape index (κ2) is 7.62. The SMILES string of the molecule is CC(=O)c1ccc(SCC(=O)Nc2ccc(C)c(Cl)c2)c(F)c1. The highest BCUT2D eigenvalue weighted by molar-refractivity contribution is 8.00. The van der Waals surface area contributed by atoms with E-state index in [2.05, 4.69) is 5.32 Å². The topological polar surface area (TPSA) is 46.2 Å². The maximum Gasteiger partial charge on any atom is 0.234 e. The van der Waals surface area contributed by atoms with E-state index in [-0.39, 0.29) is 17.4 Å². The highest BCUT2D eigenvalue weighted by Crippen LogP contribution is 2.24. The predicted molar refractivity (Wildman–Crippen MR) is 91.9 cm³/mol. The molecule has 0 aliphatic rings. The summed E-state index contributed by atoms with van der Waals surface area (Å²) in [6.07, 6.45) is 0. The number of rotatable bonds is 5. The fraction of sp³-hybridized carbons (Fsp3) is 0.176. The third-order valence-electron chi connectivity index (χ3n) is 3.15. The molecule has 0 aliphatic heterocycles. The number of carbonyl (C=O) groups is 2. The number of nitrogens with one attached hydrogen (secondary N) is 1. The van der Waals surface area contributed by atoms with Crippen LogP contribution in [0, 0.1) is 12.7 Å². The van der Waals surface area contributed by atoms with Gasteiger partial charge in [-0.1, -0.05) is 23.7 Å². The number of thioether (sulfide) groups is 1. The van der Waals surface area contributed by atoms with Crippen LogP contribution in [0.2, 0.25) is 5.02 Å². The minimum atomic E-state index is -0.506. The molecule has 1 N–H and O–H groups in total. The molecule has 0 spiro atoms. The van der Waals surface area contributed by atoms with Crippen molar-refractivity contribution in [2.75, 3.05) is 11.1 Å². The molecule has 0 radical (unpaired) electrons. The summed E-state index contributed by atoms with van der Waals surface area (Å²) in [5, 5.41) is 3.28. The molecule has 1 amide bonds. The fourth-order valence-electron chi connectivity index (χ4n) is 1.85. The van der Waals surface area contributed by atoms with Gasteiger partial charge in [-0.15, -0.1) is 11.8 Å². The Morgan fingerprint density at radius 3 is 2.57 bits per heavy atom. The largest absolute Gasteiger partial charge is 0.325 e. The van der Waals surface area contributed by atoms with Gasteiger partial charge in [0.25, 0.3) is 0 Å². The number of Topliss-reactive ketones (excluding diaryl/α,β-unsaturated/α-hetero) is 1. The normalized spacial score (nSPS) is 10.4. The van der Waals surface area contributed by atoms with E-state index in [4.69, 9.17) is 11.6 Å². The van der Waals surface area contributed by atoms with Crippen molar-refractivity contribution >= 4 is 40.7 Å². The van der Waals surface area contributed by atoms with Crippen molar-refractivity contribution in [1.29, 1.82) is 0 Å². The number of aryl methyl sites for hydroxylation is 1. The van der Waals surface area contributed by atoms with Gasteiger partial charge in [-0.25, -0.2) is 4.39 Å². The number of hydrogen-bond donors (Lipinski definition) is 1. The predicted octanol–water partition coefficient (Wildman–Crippen LogP) is 4.72. The molecule has 0 unspecified atom stereocenters. The molecule has 6 heteroatoms. The Hall–Kier alpha value is -1.85. The maximum absolute atomic E-state index is 13.9. The zero-order valence-corrected chi connectivity index (χ0v) is 14.2. The van der Waals surface area contributed by atoms with E-state index < -0.39 is 5.82 Å². The van der Waals surface area contributed by atoms with Crippen LogP contribution < -0.4 is 5.32 Å². The molecular weight excluding hydrogens is 337 g/mol. The lowest BCUT2D eigenvalue weighted by Crippen LogP contribution is -2.14. The molecule has 120 valence electrons. The van der Waals surface area contributed by atoms with Gasteiger partial charge >= 0.3 is 0 Å². The van der Waals surface area contributed by atoms with E-state index >= 15 is 0 Å². The molecule has 2 rings (SSSR count). The Bertz CT molecular complexity index is 764. The van der Waals surface area contributed by atoms with Crippen LogP contribution in [0.1, 0.15) is 22.8 Å². The first-order chi connectivity index (χ1) is 10.9. The Morgan fingerprint density at radius 1 is 1.22 bits per heavy atom. The molecule has 2 aromatic rings. The molecule has 3 nitrogen and oxygen atoms in total. The number of anilines is 1. The average Bonchev–Trinajstić information content (AvgIpc) is 2.49. The number of hydrogen-bond acceptors (Lipinski definition) is 3. The highest BCUT2D eigenvalue weighted by Gasteiger charge is 2.10.